The fourth-order valence-corrected chi connectivity index (χ4v) is 2.71. The van der Waals surface area contributed by atoms with Crippen LogP contribution in [0.2, 0.25) is 0 Å². The van der Waals surface area contributed by atoms with Crippen LogP contribution in [0.3, 0.4) is 0 Å². The van der Waals surface area contributed by atoms with Gasteiger partial charge in [0.05, 0.1) is 13.7 Å². The molecule has 9 heteroatoms. The van der Waals surface area contributed by atoms with Gasteiger partial charge in [0.2, 0.25) is 5.88 Å². The zero-order valence-electron chi connectivity index (χ0n) is 17.0. The largest absolute Gasteiger partial charge is 0.497 e. The Balaban J connectivity index is 1.52. The zero-order chi connectivity index (χ0) is 21.3. The Labute approximate surface area is 174 Å². The number of halogens is 2. The molecular weight excluding hydrogens is 394 g/mol. The summed E-state index contributed by atoms with van der Waals surface area (Å²) in [6.07, 6.45) is 4.22. The van der Waals surface area contributed by atoms with Gasteiger partial charge in [0.1, 0.15) is 11.5 Å². The van der Waals surface area contributed by atoms with Gasteiger partial charge in [-0.25, -0.2) is 4.98 Å². The van der Waals surface area contributed by atoms with E-state index >= 15 is 0 Å². The van der Waals surface area contributed by atoms with E-state index in [0.717, 1.165) is 12.2 Å². The van der Waals surface area contributed by atoms with Crippen molar-refractivity contribution in [2.45, 2.75) is 32.5 Å². The molecule has 30 heavy (non-hydrogen) atoms. The summed E-state index contributed by atoms with van der Waals surface area (Å²) in [5.41, 5.74) is 1.48. The highest BCUT2D eigenvalue weighted by Crippen LogP contribution is 2.29. The van der Waals surface area contributed by atoms with E-state index in [0.29, 0.717) is 35.6 Å². The molecule has 1 fully saturated rings. The molecule has 0 radical (unpaired) electrons. The van der Waals surface area contributed by atoms with Crippen LogP contribution in [0.1, 0.15) is 24.0 Å². The number of rotatable bonds is 10. The summed E-state index contributed by atoms with van der Waals surface area (Å²) in [6.45, 7) is -1.46. The van der Waals surface area contributed by atoms with Crippen LogP contribution < -0.4 is 24.8 Å². The average Bonchev–Trinajstić information content (AvgIpc) is 3.58. The van der Waals surface area contributed by atoms with E-state index in [2.05, 4.69) is 25.3 Å². The number of guanidine groups is 1. The van der Waals surface area contributed by atoms with Crippen LogP contribution in [0.15, 0.2) is 41.5 Å². The molecule has 7 nitrogen and oxygen atoms in total. The molecule has 0 saturated heterocycles. The third-order valence-corrected chi connectivity index (χ3v) is 4.58. The van der Waals surface area contributed by atoms with E-state index in [9.17, 15) is 8.78 Å². The van der Waals surface area contributed by atoms with Crippen molar-refractivity contribution in [3.05, 3.63) is 47.7 Å². The first kappa shape index (κ1) is 21.6. The van der Waals surface area contributed by atoms with Gasteiger partial charge >= 0.3 is 6.61 Å². The van der Waals surface area contributed by atoms with Gasteiger partial charge in [-0.15, -0.1) is 0 Å². The van der Waals surface area contributed by atoms with Crippen LogP contribution in [0.4, 0.5) is 8.78 Å². The second kappa shape index (κ2) is 10.6. The van der Waals surface area contributed by atoms with Crippen LogP contribution >= 0.6 is 0 Å². The molecule has 1 aromatic carbocycles. The normalized spacial score (nSPS) is 13.8. The van der Waals surface area contributed by atoms with Crippen molar-refractivity contribution >= 4 is 5.96 Å². The maximum atomic E-state index is 12.7. The van der Waals surface area contributed by atoms with Crippen molar-refractivity contribution in [3.8, 4) is 17.4 Å². The highest BCUT2D eigenvalue weighted by Gasteiger charge is 2.22. The Morgan fingerprint density at radius 1 is 1.20 bits per heavy atom. The number of methoxy groups -OCH3 is 1. The maximum absolute atomic E-state index is 12.7. The minimum absolute atomic E-state index is 0.0831. The van der Waals surface area contributed by atoms with Crippen molar-refractivity contribution in [2.24, 2.45) is 10.9 Å². The van der Waals surface area contributed by atoms with Crippen molar-refractivity contribution in [2.75, 3.05) is 20.8 Å². The quantitative estimate of drug-likeness (QED) is 0.454. The summed E-state index contributed by atoms with van der Waals surface area (Å²) in [6, 6.07) is 8.45. The monoisotopic (exact) mass is 420 g/mol. The Bertz CT molecular complexity index is 843. The predicted octanol–water partition coefficient (Wildman–Crippen LogP) is 3.35. The Morgan fingerprint density at radius 2 is 2.00 bits per heavy atom. The molecule has 0 atom stereocenters. The van der Waals surface area contributed by atoms with Gasteiger partial charge in [-0.3, -0.25) is 4.99 Å². The molecule has 0 bridgehead atoms. The summed E-state index contributed by atoms with van der Waals surface area (Å²) in [4.78, 5) is 8.46. The molecule has 1 aliphatic carbocycles. The first-order valence-electron chi connectivity index (χ1n) is 9.71. The lowest BCUT2D eigenvalue weighted by molar-refractivity contribution is -0.0505. The van der Waals surface area contributed by atoms with Crippen LogP contribution in [0, 0.1) is 5.92 Å². The van der Waals surface area contributed by atoms with E-state index < -0.39 is 6.61 Å². The van der Waals surface area contributed by atoms with Gasteiger partial charge in [-0.1, -0.05) is 6.07 Å². The molecule has 0 unspecified atom stereocenters. The number of benzene rings is 1. The number of hydrogen-bond acceptors (Lipinski definition) is 5. The summed E-state index contributed by atoms with van der Waals surface area (Å²) in [5.74, 6) is 2.44. The van der Waals surface area contributed by atoms with E-state index in [1.54, 1.807) is 25.4 Å². The number of aromatic nitrogens is 1. The summed E-state index contributed by atoms with van der Waals surface area (Å²) < 4.78 is 40.7. The van der Waals surface area contributed by atoms with Gasteiger partial charge in [0.15, 0.2) is 5.96 Å². The number of alkyl halides is 2. The summed E-state index contributed by atoms with van der Waals surface area (Å²) in [5, 5.41) is 6.25. The third-order valence-electron chi connectivity index (χ3n) is 4.58. The van der Waals surface area contributed by atoms with E-state index in [4.69, 9.17) is 9.47 Å². The van der Waals surface area contributed by atoms with Gasteiger partial charge in [-0.2, -0.15) is 8.78 Å². The topological polar surface area (TPSA) is 77.0 Å². The molecule has 162 valence electrons. The number of pyridine rings is 1. The average molecular weight is 420 g/mol. The molecule has 1 aromatic heterocycles. The minimum Gasteiger partial charge on any atom is -0.497 e. The molecular formula is C21H26F2N4O3. The van der Waals surface area contributed by atoms with Crippen LogP contribution in [0.25, 0.3) is 0 Å². The highest BCUT2D eigenvalue weighted by atomic mass is 19.3. The molecule has 0 amide bonds. The molecule has 1 heterocycles. The van der Waals surface area contributed by atoms with Gasteiger partial charge in [0.25, 0.3) is 0 Å². The van der Waals surface area contributed by atoms with Crippen LogP contribution in [0.5, 0.6) is 17.4 Å². The van der Waals surface area contributed by atoms with Gasteiger partial charge in [0, 0.05) is 38.0 Å². The Kier molecular flexibility index (Phi) is 7.64. The highest BCUT2D eigenvalue weighted by molar-refractivity contribution is 5.79. The van der Waals surface area contributed by atoms with E-state index in [1.165, 1.54) is 26.0 Å². The predicted molar refractivity (Wildman–Crippen MR) is 109 cm³/mol. The van der Waals surface area contributed by atoms with Crippen molar-refractivity contribution in [1.82, 2.24) is 15.6 Å². The van der Waals surface area contributed by atoms with E-state index in [-0.39, 0.29) is 12.3 Å². The minimum atomic E-state index is -2.90. The number of nitrogens with one attached hydrogen (secondary N) is 2. The maximum Gasteiger partial charge on any atom is 0.387 e. The third kappa shape index (κ3) is 6.75. The lowest BCUT2D eigenvalue weighted by Gasteiger charge is -2.15. The number of nitrogens with zero attached hydrogens (tertiary/aromatic N) is 2. The van der Waals surface area contributed by atoms with E-state index in [1.807, 2.05) is 12.1 Å². The summed E-state index contributed by atoms with van der Waals surface area (Å²) >= 11 is 0. The molecule has 1 saturated carbocycles. The second-order valence-electron chi connectivity index (χ2n) is 6.89. The second-order valence-corrected chi connectivity index (χ2v) is 6.89. The van der Waals surface area contributed by atoms with Crippen molar-refractivity contribution in [3.63, 3.8) is 0 Å². The fraction of sp³-hybridized carbons (Fsp3) is 0.429. The Hall–Kier alpha value is -3.10. The first-order valence-corrected chi connectivity index (χ1v) is 9.71. The molecule has 0 spiro atoms. The smallest absolute Gasteiger partial charge is 0.387 e. The molecule has 2 N–H and O–H groups in total. The van der Waals surface area contributed by atoms with Crippen LogP contribution in [-0.4, -0.2) is 38.3 Å². The lowest BCUT2D eigenvalue weighted by Crippen LogP contribution is -2.36. The summed E-state index contributed by atoms with van der Waals surface area (Å²) in [7, 11) is 3.14. The molecule has 1 aliphatic rings. The fourth-order valence-electron chi connectivity index (χ4n) is 2.71. The van der Waals surface area contributed by atoms with Gasteiger partial charge < -0.3 is 24.8 Å². The lowest BCUT2D eigenvalue weighted by atomic mass is 10.2. The molecule has 2 aromatic rings. The zero-order valence-corrected chi connectivity index (χ0v) is 17.0. The van der Waals surface area contributed by atoms with Crippen molar-refractivity contribution in [1.29, 1.82) is 0 Å². The number of aliphatic imine (C=N–C) groups is 1. The number of hydrogen-bond donors (Lipinski definition) is 2. The SMILES string of the molecule is CN=C(NCc1ccc(OCC2CC2)nc1)NCc1cc(OC)ccc1OC(F)F. The van der Waals surface area contributed by atoms with Crippen LogP contribution in [-0.2, 0) is 13.1 Å². The number of ether oxygens (including phenoxy) is 3. The molecule has 3 rings (SSSR count). The molecule has 0 aliphatic heterocycles. The first-order chi connectivity index (χ1) is 14.6. The van der Waals surface area contributed by atoms with Crippen molar-refractivity contribution < 1.29 is 23.0 Å². The standard InChI is InChI=1S/C21H26F2N4O3/c1-24-21(26-11-15-5-8-19(25-10-15)29-13-14-3-4-14)27-12-16-9-17(28-2)6-7-18(16)30-20(22)23/h5-10,14,20H,3-4,11-13H2,1-2H3,(H2,24,26,27). The van der Waals surface area contributed by atoms with Gasteiger partial charge in [-0.05, 0) is 42.5 Å². The Morgan fingerprint density at radius 3 is 2.63 bits per heavy atom.